The van der Waals surface area contributed by atoms with E-state index in [1.54, 1.807) is 6.92 Å². The molecule has 38 heteroatoms. The Labute approximate surface area is 621 Å². The van der Waals surface area contributed by atoms with Crippen LogP contribution in [0.2, 0.25) is 0 Å². The monoisotopic (exact) mass is 1560 g/mol. The smallest absolute Gasteiger partial charge is 0.335 e. The van der Waals surface area contributed by atoms with Crippen LogP contribution in [-0.2, 0) is 75.9 Å². The van der Waals surface area contributed by atoms with Gasteiger partial charge in [-0.2, -0.15) is 0 Å². The summed E-state index contributed by atoms with van der Waals surface area (Å²) >= 11 is 0. The summed E-state index contributed by atoms with van der Waals surface area (Å²) in [7, 11) is 0. The van der Waals surface area contributed by atoms with E-state index in [0.717, 1.165) is 5.57 Å². The number of esters is 1. The molecule has 0 aromatic rings. The molecule has 12 aliphatic rings. The summed E-state index contributed by atoms with van der Waals surface area (Å²) in [6, 6.07) is 0. The fourth-order valence-corrected chi connectivity index (χ4v) is 20.5. The average Bonchev–Trinajstić information content (AvgIpc) is 0.693. The molecule has 4 saturated carbocycles. The Bertz CT molecular complexity index is 3140. The van der Waals surface area contributed by atoms with Gasteiger partial charge in [0.15, 0.2) is 49.9 Å². The number of carboxylic acids is 1. The van der Waals surface area contributed by atoms with Gasteiger partial charge in [-0.05, 0) is 104 Å². The van der Waals surface area contributed by atoms with Gasteiger partial charge < -0.3 is 179 Å². The van der Waals surface area contributed by atoms with Crippen LogP contribution in [0.25, 0.3) is 0 Å². The first-order valence-electron chi connectivity index (χ1n) is 37.2. The van der Waals surface area contributed by atoms with E-state index in [9.17, 15) is 117 Å². The number of aliphatic hydroxyl groups excluding tert-OH is 20. The summed E-state index contributed by atoms with van der Waals surface area (Å²) in [5.41, 5.74) is -6.53. The van der Waals surface area contributed by atoms with E-state index in [1.165, 1.54) is 6.92 Å². The minimum atomic E-state index is -2.28. The molecule has 108 heavy (non-hydrogen) atoms. The topological polar surface area (TPSA) is 608 Å². The highest BCUT2D eigenvalue weighted by Crippen LogP contribution is 2.76. The normalized spacial score (nSPS) is 54.5. The zero-order chi connectivity index (χ0) is 78.9. The van der Waals surface area contributed by atoms with Crippen molar-refractivity contribution in [1.29, 1.82) is 0 Å². The van der Waals surface area contributed by atoms with Crippen molar-refractivity contribution in [1.82, 2.24) is 0 Å². The number of ether oxygens (including phenoxy) is 14. The number of carboxylic acid groups (broad SMARTS) is 1. The lowest BCUT2D eigenvalue weighted by atomic mass is 9.33. The van der Waals surface area contributed by atoms with E-state index in [1.807, 2.05) is 6.92 Å². The first-order chi connectivity index (χ1) is 50.7. The van der Waals surface area contributed by atoms with Crippen LogP contribution in [-0.4, -0.2) is 379 Å². The number of rotatable bonds is 20. The molecule has 22 N–H and O–H groups in total. The number of allylic oxidation sites excluding steroid dienone is 2. The van der Waals surface area contributed by atoms with Gasteiger partial charge in [0.05, 0.1) is 70.0 Å². The predicted molar refractivity (Wildman–Crippen MR) is 351 cm³/mol. The Morgan fingerprint density at radius 2 is 1.02 bits per heavy atom. The van der Waals surface area contributed by atoms with Crippen LogP contribution in [0.3, 0.4) is 0 Å². The van der Waals surface area contributed by atoms with Gasteiger partial charge in [0.2, 0.25) is 6.29 Å². The van der Waals surface area contributed by atoms with Crippen molar-refractivity contribution in [2.45, 2.75) is 315 Å². The summed E-state index contributed by atoms with van der Waals surface area (Å²) < 4.78 is 84.1. The lowest BCUT2D eigenvalue weighted by Crippen LogP contribution is -2.70. The van der Waals surface area contributed by atoms with Gasteiger partial charge in [-0.15, -0.1) is 0 Å². The van der Waals surface area contributed by atoms with E-state index in [2.05, 4.69) is 33.8 Å². The van der Waals surface area contributed by atoms with Crippen molar-refractivity contribution in [2.75, 3.05) is 46.2 Å². The lowest BCUT2D eigenvalue weighted by molar-refractivity contribution is -0.399. The van der Waals surface area contributed by atoms with Crippen molar-refractivity contribution in [3.8, 4) is 0 Å². The molecule has 38 nitrogen and oxygen atoms in total. The molecule has 0 bridgehead atoms. The lowest BCUT2D eigenvalue weighted by Gasteiger charge is -2.72. The Balaban J connectivity index is 0.803. The molecule has 7 saturated heterocycles. The van der Waals surface area contributed by atoms with Crippen molar-refractivity contribution >= 4 is 11.9 Å². The zero-order valence-electron chi connectivity index (χ0n) is 61.0. The van der Waals surface area contributed by atoms with E-state index in [4.69, 9.17) is 66.3 Å². The summed E-state index contributed by atoms with van der Waals surface area (Å²) in [5, 5.41) is 243. The van der Waals surface area contributed by atoms with E-state index < -0.39 is 305 Å². The standard InChI is InChI=1S/C70H112O38/c1-25-47(101-56-44(87)35(78)29(77)21-95-56)48(102-62-53(90)70(94,23-75)24-96-62)46(89)58(97-25)105-51-41(84)38(81)32(20-73)100-60(51)108-63(93)69-14-12-64(2,3)16-27(69)26-8-9-34-65(4)17-28(76)54(66(5,22-74)33(65)10-11-68(34,7)67(26,6)13-15-69)107-61-52(43(86)42(85)49(103-61)55(91)92)106-59-50(40(83)37(80)31(19-72)99-59)104-57-45(88)39(82)36(79)30(18-71)98-57/h8,25,27-54,56-62,71-90,94H,9-24H2,1-7H3,(H,91,92)/t25-,27-,28-,29+,30+,31+,32+,33+,34+,35-,36+,37-,38+,39-,40-,41-,42-,43-,44+,45+,46+,47-,48-,49-,50+,51+,52+,53-,54-,56-,57-,58-,59-,60-,61-,62-,65-,66-,67+,68+,69-,70+/m0/s1. The molecule has 0 aromatic heterocycles. The third-order valence-corrected chi connectivity index (χ3v) is 27.1. The minimum Gasteiger partial charge on any atom is -0.479 e. The summed E-state index contributed by atoms with van der Waals surface area (Å²) in [4.78, 5) is 28.6. The molecule has 0 aromatic carbocycles. The molecule has 7 aliphatic heterocycles. The number of hydrogen-bond acceptors (Lipinski definition) is 37. The van der Waals surface area contributed by atoms with E-state index in [-0.39, 0.29) is 24.2 Å². The van der Waals surface area contributed by atoms with Crippen molar-refractivity contribution < 1.29 is 188 Å². The number of carbonyl (C=O) groups is 2. The van der Waals surface area contributed by atoms with Crippen LogP contribution in [0, 0.1) is 50.2 Å². The number of aliphatic carboxylic acids is 1. The summed E-state index contributed by atoms with van der Waals surface area (Å²) in [6.07, 6.45) is -56.5. The van der Waals surface area contributed by atoms with Crippen molar-refractivity contribution in [2.24, 2.45) is 50.2 Å². The molecule has 0 spiro atoms. The molecular weight excluding hydrogens is 1450 g/mol. The van der Waals surface area contributed by atoms with Gasteiger partial charge in [0.1, 0.15) is 134 Å². The minimum absolute atomic E-state index is 0.00773. The second kappa shape index (κ2) is 31.7. The molecular formula is C70H112O38. The Morgan fingerprint density at radius 1 is 0.491 bits per heavy atom. The van der Waals surface area contributed by atoms with Gasteiger partial charge in [0, 0.05) is 5.41 Å². The largest absolute Gasteiger partial charge is 0.479 e. The highest BCUT2D eigenvalue weighted by atomic mass is 16.8. The predicted octanol–water partition coefficient (Wildman–Crippen LogP) is -8.22. The van der Waals surface area contributed by atoms with Crippen LogP contribution >= 0.6 is 0 Å². The number of hydrogen-bond donors (Lipinski definition) is 22. The zero-order valence-corrected chi connectivity index (χ0v) is 61.0. The molecule has 0 amide bonds. The van der Waals surface area contributed by atoms with Gasteiger partial charge in [-0.1, -0.05) is 53.2 Å². The molecule has 5 aliphatic carbocycles. The Hall–Kier alpha value is -2.68. The van der Waals surface area contributed by atoms with Crippen molar-refractivity contribution in [3.63, 3.8) is 0 Å². The maximum Gasteiger partial charge on any atom is 0.335 e. The third-order valence-electron chi connectivity index (χ3n) is 27.1. The molecule has 0 unspecified atom stereocenters. The fourth-order valence-electron chi connectivity index (χ4n) is 20.5. The fraction of sp³-hybridized carbons (Fsp3) is 0.943. The highest BCUT2D eigenvalue weighted by Gasteiger charge is 2.73. The summed E-state index contributed by atoms with van der Waals surface area (Å²) in [5.74, 6) is -3.84. The number of aliphatic hydroxyl groups is 21. The third kappa shape index (κ3) is 14.4. The van der Waals surface area contributed by atoms with Crippen LogP contribution in [0.1, 0.15) is 106 Å². The maximum absolute atomic E-state index is 15.9. The SMILES string of the molecule is C[C@@H]1O[C@@H](O[C@H]2[C@H](OC(=O)[C@]34CCC(C)(C)C[C@H]3C3=CC[C@@H]5[C@@]6(C)C[C@H](O)[C@H](O[C@@H]7O[C@H](C(=O)O)[C@@H](O)[C@H](O)[C@H]7O[C@@H]7O[C@H](CO)[C@H](O)[C@H](O)[C@H]7O[C@@H]7O[C@H](CO)[C@@H](O)[C@H](O)[C@H]7O)[C@@](C)(CO)[C@@H]6CC[C@@]5(C)[C@]3(C)CC4)O[C@H](CO)[C@@H](O)[C@@H]2O)[C@H](O)[C@H](O[C@@H]2OC[C@](O)(CO)[C@H]2O)[C@H]1O[C@@H]1OC[C@@H](O)[C@H](O)[C@H]1O. The average molecular weight is 1560 g/mol. The Morgan fingerprint density at radius 3 is 1.61 bits per heavy atom. The van der Waals surface area contributed by atoms with E-state index in [0.29, 0.717) is 44.9 Å². The molecule has 12 rings (SSSR count). The first-order valence-corrected chi connectivity index (χ1v) is 37.2. The second-order valence-electron chi connectivity index (χ2n) is 34.0. The molecule has 0 radical (unpaired) electrons. The molecule has 42 atom stereocenters. The van der Waals surface area contributed by atoms with Crippen LogP contribution in [0.15, 0.2) is 11.6 Å². The van der Waals surface area contributed by atoms with E-state index >= 15 is 4.79 Å². The number of fused-ring (bicyclic) bond motifs is 7. The van der Waals surface area contributed by atoms with Crippen molar-refractivity contribution in [3.05, 3.63) is 11.6 Å². The summed E-state index contributed by atoms with van der Waals surface area (Å²) in [6.45, 7) is 8.14. The Kier molecular flexibility index (Phi) is 24.9. The van der Waals surface area contributed by atoms with Gasteiger partial charge in [-0.25, -0.2) is 4.79 Å². The van der Waals surface area contributed by atoms with Crippen LogP contribution in [0.4, 0.5) is 0 Å². The van der Waals surface area contributed by atoms with Crippen LogP contribution < -0.4 is 0 Å². The molecule has 7 heterocycles. The molecule has 620 valence electrons. The van der Waals surface area contributed by atoms with Gasteiger partial charge in [-0.3, -0.25) is 4.79 Å². The quantitative estimate of drug-likeness (QED) is 0.0306. The highest BCUT2D eigenvalue weighted by molar-refractivity contribution is 5.79. The molecule has 11 fully saturated rings. The van der Waals surface area contributed by atoms with Gasteiger partial charge in [0.25, 0.3) is 0 Å². The maximum atomic E-state index is 15.9. The van der Waals surface area contributed by atoms with Crippen LogP contribution in [0.5, 0.6) is 0 Å². The number of carbonyl (C=O) groups excluding carboxylic acids is 1. The van der Waals surface area contributed by atoms with Gasteiger partial charge >= 0.3 is 11.9 Å². The first kappa shape index (κ1) is 84.7. The second-order valence-corrected chi connectivity index (χ2v) is 34.0.